The van der Waals surface area contributed by atoms with Gasteiger partial charge in [0.2, 0.25) is 0 Å². The molecule has 0 saturated carbocycles. The number of hydrogen-bond donors (Lipinski definition) is 1. The van der Waals surface area contributed by atoms with Crippen molar-refractivity contribution in [2.24, 2.45) is 0 Å². The van der Waals surface area contributed by atoms with Gasteiger partial charge in [0.1, 0.15) is 15.7 Å². The molecule has 0 bridgehead atoms. The fourth-order valence-corrected chi connectivity index (χ4v) is 2.07. The lowest BCUT2D eigenvalue weighted by atomic mass is 10.2. The molecule has 2 N–H and O–H groups in total. The monoisotopic (exact) mass is 301 g/mol. The highest BCUT2D eigenvalue weighted by molar-refractivity contribution is 7.90. The Bertz CT molecular complexity index is 586. The number of pyridine rings is 1. The van der Waals surface area contributed by atoms with E-state index in [0.29, 0.717) is 5.82 Å². The van der Waals surface area contributed by atoms with Crippen LogP contribution < -0.4 is 10.6 Å². The first-order valence-electron chi connectivity index (χ1n) is 6.06. The Kier molecular flexibility index (Phi) is 5.32. The first-order valence-corrected chi connectivity index (χ1v) is 8.12. The lowest BCUT2D eigenvalue weighted by Crippen LogP contribution is -2.26. The van der Waals surface area contributed by atoms with Crippen LogP contribution in [-0.4, -0.2) is 51.6 Å². The molecule has 0 saturated heterocycles. The van der Waals surface area contributed by atoms with E-state index in [2.05, 4.69) is 4.98 Å². The minimum Gasteiger partial charge on any atom is -0.462 e. The standard InChI is InChI=1S/C12H19N3O4S/c1-4-19-12(16)9-7-11(14-8-10(9)13)15(2)5-6-20(3,17)18/h7-8H,4-6,13H2,1-3H3. The van der Waals surface area contributed by atoms with E-state index in [9.17, 15) is 13.2 Å². The van der Waals surface area contributed by atoms with Crippen molar-refractivity contribution in [2.45, 2.75) is 6.92 Å². The fourth-order valence-electron chi connectivity index (χ4n) is 1.47. The van der Waals surface area contributed by atoms with Crippen LogP contribution in [0.1, 0.15) is 17.3 Å². The zero-order chi connectivity index (χ0) is 15.3. The summed E-state index contributed by atoms with van der Waals surface area (Å²) in [6.45, 7) is 2.23. The minimum atomic E-state index is -3.06. The van der Waals surface area contributed by atoms with Gasteiger partial charge in [-0.3, -0.25) is 0 Å². The number of esters is 1. The van der Waals surface area contributed by atoms with Crippen molar-refractivity contribution in [1.82, 2.24) is 4.98 Å². The van der Waals surface area contributed by atoms with E-state index in [4.69, 9.17) is 10.5 Å². The molecule has 1 aromatic rings. The molecule has 0 aromatic carbocycles. The van der Waals surface area contributed by atoms with Crippen molar-refractivity contribution in [3.63, 3.8) is 0 Å². The van der Waals surface area contributed by atoms with Gasteiger partial charge in [-0.1, -0.05) is 0 Å². The number of aromatic nitrogens is 1. The highest BCUT2D eigenvalue weighted by Crippen LogP contribution is 2.18. The molecule has 0 fully saturated rings. The molecule has 0 atom stereocenters. The van der Waals surface area contributed by atoms with Crippen LogP contribution in [-0.2, 0) is 14.6 Å². The average molecular weight is 301 g/mol. The summed E-state index contributed by atoms with van der Waals surface area (Å²) in [6, 6.07) is 1.50. The summed E-state index contributed by atoms with van der Waals surface area (Å²) < 4.78 is 27.2. The van der Waals surface area contributed by atoms with E-state index < -0.39 is 15.8 Å². The first kappa shape index (κ1) is 16.2. The molecule has 0 amide bonds. The Labute approximate surface area is 118 Å². The largest absolute Gasteiger partial charge is 0.462 e. The molecule has 0 aliphatic rings. The van der Waals surface area contributed by atoms with E-state index >= 15 is 0 Å². The maximum absolute atomic E-state index is 11.7. The number of rotatable bonds is 6. The van der Waals surface area contributed by atoms with E-state index in [1.165, 1.54) is 18.5 Å². The van der Waals surface area contributed by atoms with Crippen LogP contribution in [0.2, 0.25) is 0 Å². The highest BCUT2D eigenvalue weighted by atomic mass is 32.2. The van der Waals surface area contributed by atoms with E-state index in [1.54, 1.807) is 18.9 Å². The van der Waals surface area contributed by atoms with Crippen LogP contribution in [0.15, 0.2) is 12.3 Å². The van der Waals surface area contributed by atoms with Crippen molar-refractivity contribution < 1.29 is 17.9 Å². The smallest absolute Gasteiger partial charge is 0.340 e. The van der Waals surface area contributed by atoms with Crippen LogP contribution >= 0.6 is 0 Å². The van der Waals surface area contributed by atoms with Crippen molar-refractivity contribution in [3.05, 3.63) is 17.8 Å². The SMILES string of the molecule is CCOC(=O)c1cc(N(C)CCS(C)(=O)=O)ncc1N. The van der Waals surface area contributed by atoms with Crippen LogP contribution in [0.3, 0.4) is 0 Å². The van der Waals surface area contributed by atoms with Crippen molar-refractivity contribution in [3.8, 4) is 0 Å². The molecule has 1 aromatic heterocycles. The van der Waals surface area contributed by atoms with Gasteiger partial charge in [0, 0.05) is 19.8 Å². The molecule has 0 unspecified atom stereocenters. The van der Waals surface area contributed by atoms with Gasteiger partial charge in [0.25, 0.3) is 0 Å². The zero-order valence-corrected chi connectivity index (χ0v) is 12.6. The van der Waals surface area contributed by atoms with E-state index in [1.807, 2.05) is 0 Å². The predicted molar refractivity (Wildman–Crippen MR) is 77.6 cm³/mol. The second-order valence-corrected chi connectivity index (χ2v) is 6.66. The Balaban J connectivity index is 2.91. The number of ether oxygens (including phenoxy) is 1. The number of carbonyl (C=O) groups excluding carboxylic acids is 1. The topological polar surface area (TPSA) is 103 Å². The highest BCUT2D eigenvalue weighted by Gasteiger charge is 2.15. The van der Waals surface area contributed by atoms with Crippen molar-refractivity contribution in [2.75, 3.05) is 42.8 Å². The Morgan fingerprint density at radius 2 is 2.15 bits per heavy atom. The van der Waals surface area contributed by atoms with Gasteiger partial charge in [-0.15, -0.1) is 0 Å². The van der Waals surface area contributed by atoms with Gasteiger partial charge in [0.15, 0.2) is 0 Å². The fraction of sp³-hybridized carbons (Fsp3) is 0.500. The van der Waals surface area contributed by atoms with Crippen LogP contribution in [0, 0.1) is 0 Å². The molecule has 0 aliphatic carbocycles. The molecule has 0 aliphatic heterocycles. The molecular formula is C12H19N3O4S. The number of hydrogen-bond acceptors (Lipinski definition) is 7. The maximum Gasteiger partial charge on any atom is 0.340 e. The van der Waals surface area contributed by atoms with Crippen LogP contribution in [0.5, 0.6) is 0 Å². The van der Waals surface area contributed by atoms with E-state index in [0.717, 1.165) is 0 Å². The molecule has 0 radical (unpaired) electrons. The number of carbonyl (C=O) groups is 1. The predicted octanol–water partition coefficient (Wildman–Crippen LogP) is 0.321. The van der Waals surface area contributed by atoms with Gasteiger partial charge in [-0.2, -0.15) is 0 Å². The summed E-state index contributed by atoms with van der Waals surface area (Å²) in [5.41, 5.74) is 6.14. The lowest BCUT2D eigenvalue weighted by Gasteiger charge is -2.18. The third kappa shape index (κ3) is 4.69. The second kappa shape index (κ2) is 6.56. The quantitative estimate of drug-likeness (QED) is 0.755. The summed E-state index contributed by atoms with van der Waals surface area (Å²) in [4.78, 5) is 17.4. The molecule has 8 heteroatoms. The molecule has 1 heterocycles. The number of nitrogens with zero attached hydrogens (tertiary/aromatic N) is 2. The number of anilines is 2. The Hall–Kier alpha value is -1.83. The van der Waals surface area contributed by atoms with Gasteiger partial charge in [0.05, 0.1) is 29.8 Å². The number of nitrogen functional groups attached to an aromatic ring is 1. The second-order valence-electron chi connectivity index (χ2n) is 4.40. The number of nitrogens with two attached hydrogens (primary N) is 1. The third-order valence-electron chi connectivity index (χ3n) is 2.60. The summed E-state index contributed by atoms with van der Waals surface area (Å²) >= 11 is 0. The molecular weight excluding hydrogens is 282 g/mol. The maximum atomic E-state index is 11.7. The van der Waals surface area contributed by atoms with Crippen molar-refractivity contribution >= 4 is 27.3 Å². The summed E-state index contributed by atoms with van der Waals surface area (Å²) in [7, 11) is -1.36. The molecule has 7 nitrogen and oxygen atoms in total. The molecule has 0 spiro atoms. The zero-order valence-electron chi connectivity index (χ0n) is 11.8. The van der Waals surface area contributed by atoms with Crippen LogP contribution in [0.25, 0.3) is 0 Å². The molecule has 112 valence electrons. The van der Waals surface area contributed by atoms with Gasteiger partial charge < -0.3 is 15.4 Å². The third-order valence-corrected chi connectivity index (χ3v) is 3.53. The van der Waals surface area contributed by atoms with E-state index in [-0.39, 0.29) is 30.2 Å². The normalized spacial score (nSPS) is 11.2. The first-order chi connectivity index (χ1) is 9.24. The average Bonchev–Trinajstić information content (AvgIpc) is 2.36. The number of sulfone groups is 1. The van der Waals surface area contributed by atoms with Crippen LogP contribution in [0.4, 0.5) is 11.5 Å². The summed E-state index contributed by atoms with van der Waals surface area (Å²) in [6.07, 6.45) is 2.53. The molecule has 1 rings (SSSR count). The van der Waals surface area contributed by atoms with Crippen molar-refractivity contribution in [1.29, 1.82) is 0 Å². The Morgan fingerprint density at radius 1 is 1.50 bits per heavy atom. The summed E-state index contributed by atoms with van der Waals surface area (Å²) in [5.74, 6) is -0.0549. The minimum absolute atomic E-state index is 0.00426. The van der Waals surface area contributed by atoms with Gasteiger partial charge in [-0.25, -0.2) is 18.2 Å². The lowest BCUT2D eigenvalue weighted by molar-refractivity contribution is 0.0527. The van der Waals surface area contributed by atoms with Gasteiger partial charge in [-0.05, 0) is 13.0 Å². The molecule has 20 heavy (non-hydrogen) atoms. The van der Waals surface area contributed by atoms with Gasteiger partial charge >= 0.3 is 5.97 Å². The Morgan fingerprint density at radius 3 is 2.70 bits per heavy atom. The summed E-state index contributed by atoms with van der Waals surface area (Å²) in [5, 5.41) is 0.